The molecule has 0 aromatic heterocycles. The van der Waals surface area contributed by atoms with Crippen molar-refractivity contribution < 1.29 is 32.6 Å². The molecule has 144 valence electrons. The van der Waals surface area contributed by atoms with Crippen LogP contribution in [0.5, 0.6) is 11.5 Å². The molecule has 1 aliphatic rings. The number of aliphatic carboxylic acids is 1. The minimum Gasteiger partial charge on any atom is -0.493 e. The van der Waals surface area contributed by atoms with Crippen molar-refractivity contribution in [2.75, 3.05) is 33.1 Å². The first-order chi connectivity index (χ1) is 12.3. The lowest BCUT2D eigenvalue weighted by atomic mass is 9.98. The highest BCUT2D eigenvalue weighted by atomic mass is 32.2. The largest absolute Gasteiger partial charge is 0.493 e. The number of methoxy groups -OCH3 is 2. The number of carbonyl (C=O) groups excluding carboxylic acids is 1. The van der Waals surface area contributed by atoms with E-state index >= 15 is 0 Å². The summed E-state index contributed by atoms with van der Waals surface area (Å²) in [5.74, 6) is -1.51. The van der Waals surface area contributed by atoms with Crippen LogP contribution >= 0.6 is 0 Å². The topological polar surface area (TPSA) is 110 Å². The Labute approximate surface area is 152 Å². The van der Waals surface area contributed by atoms with Crippen LogP contribution in [0.3, 0.4) is 0 Å². The Morgan fingerprint density at radius 2 is 1.92 bits per heavy atom. The number of nitrogens with zero attached hydrogens (tertiary/aromatic N) is 1. The first kappa shape index (κ1) is 20.0. The van der Waals surface area contributed by atoms with Crippen molar-refractivity contribution >= 4 is 21.7 Å². The number of rotatable bonds is 7. The zero-order chi connectivity index (χ0) is 19.3. The number of carbonyl (C=O) groups is 2. The Morgan fingerprint density at radius 1 is 1.23 bits per heavy atom. The van der Waals surface area contributed by atoms with E-state index in [-0.39, 0.29) is 29.5 Å². The third-order valence-corrected chi connectivity index (χ3v) is 6.14. The molecule has 0 saturated carbocycles. The maximum absolute atomic E-state index is 12.5. The summed E-state index contributed by atoms with van der Waals surface area (Å²) in [4.78, 5) is 24.9. The molecule has 26 heavy (non-hydrogen) atoms. The molecule has 0 bridgehead atoms. The van der Waals surface area contributed by atoms with Gasteiger partial charge in [-0.05, 0) is 25.0 Å². The van der Waals surface area contributed by atoms with Crippen LogP contribution in [0.25, 0.3) is 0 Å². The van der Waals surface area contributed by atoms with Crippen LogP contribution in [0.1, 0.15) is 19.3 Å². The summed E-state index contributed by atoms with van der Waals surface area (Å²) in [5.41, 5.74) is 0. The van der Waals surface area contributed by atoms with E-state index in [0.29, 0.717) is 30.9 Å². The first-order valence-corrected chi connectivity index (χ1v) is 9.89. The van der Waals surface area contributed by atoms with Crippen LogP contribution in [-0.2, 0) is 19.4 Å². The molecule has 1 amide bonds. The van der Waals surface area contributed by atoms with Gasteiger partial charge in [-0.15, -0.1) is 0 Å². The SMILES string of the molecule is COc1ccc(S(=O)(=O)CCC(=O)N2CCCC(C(=O)O)C2)cc1OC. The second kappa shape index (κ2) is 8.39. The van der Waals surface area contributed by atoms with Crippen molar-refractivity contribution in [3.05, 3.63) is 18.2 Å². The quantitative estimate of drug-likeness (QED) is 0.750. The third-order valence-electron chi connectivity index (χ3n) is 4.42. The van der Waals surface area contributed by atoms with Gasteiger partial charge in [0.25, 0.3) is 0 Å². The molecule has 1 N–H and O–H groups in total. The van der Waals surface area contributed by atoms with E-state index < -0.39 is 21.7 Å². The Bertz CT molecular complexity index is 775. The van der Waals surface area contributed by atoms with Crippen LogP contribution in [0.15, 0.2) is 23.1 Å². The van der Waals surface area contributed by atoms with Gasteiger partial charge in [0.1, 0.15) is 0 Å². The van der Waals surface area contributed by atoms with Crippen molar-refractivity contribution in [2.24, 2.45) is 5.92 Å². The smallest absolute Gasteiger partial charge is 0.308 e. The van der Waals surface area contributed by atoms with Crippen molar-refractivity contribution in [3.8, 4) is 11.5 Å². The number of ether oxygens (including phenoxy) is 2. The summed E-state index contributed by atoms with van der Waals surface area (Å²) in [7, 11) is -0.819. The normalized spacial score (nSPS) is 17.6. The molecule has 1 saturated heterocycles. The highest BCUT2D eigenvalue weighted by Gasteiger charge is 2.29. The average molecular weight is 385 g/mol. The fraction of sp³-hybridized carbons (Fsp3) is 0.529. The number of carboxylic acid groups (broad SMARTS) is 1. The second-order valence-electron chi connectivity index (χ2n) is 6.10. The van der Waals surface area contributed by atoms with E-state index in [1.165, 1.54) is 37.3 Å². The van der Waals surface area contributed by atoms with Crippen LogP contribution < -0.4 is 9.47 Å². The Kier molecular flexibility index (Phi) is 6.47. The van der Waals surface area contributed by atoms with Crippen molar-refractivity contribution in [3.63, 3.8) is 0 Å². The van der Waals surface area contributed by atoms with Gasteiger partial charge in [0.2, 0.25) is 5.91 Å². The molecule has 1 aromatic rings. The molecule has 8 nitrogen and oxygen atoms in total. The Balaban J connectivity index is 2.03. The van der Waals surface area contributed by atoms with E-state index in [1.807, 2.05) is 0 Å². The first-order valence-electron chi connectivity index (χ1n) is 8.24. The number of likely N-dealkylation sites (tertiary alicyclic amines) is 1. The molecule has 1 aliphatic heterocycles. The number of hydrogen-bond acceptors (Lipinski definition) is 6. The minimum atomic E-state index is -3.68. The van der Waals surface area contributed by atoms with Crippen LogP contribution in [0.2, 0.25) is 0 Å². The van der Waals surface area contributed by atoms with E-state index in [0.717, 1.165) is 0 Å². The number of carboxylic acids is 1. The third kappa shape index (κ3) is 4.66. The molecule has 1 fully saturated rings. The summed E-state index contributed by atoms with van der Waals surface area (Å²) < 4.78 is 35.2. The summed E-state index contributed by atoms with van der Waals surface area (Å²) >= 11 is 0. The molecule has 1 heterocycles. The lowest BCUT2D eigenvalue weighted by molar-refractivity contribution is -0.145. The van der Waals surface area contributed by atoms with Crippen LogP contribution in [-0.4, -0.2) is 63.4 Å². The lowest BCUT2D eigenvalue weighted by Gasteiger charge is -2.30. The van der Waals surface area contributed by atoms with Gasteiger partial charge in [0.05, 0.1) is 30.8 Å². The van der Waals surface area contributed by atoms with Crippen molar-refractivity contribution in [2.45, 2.75) is 24.2 Å². The maximum atomic E-state index is 12.5. The standard InChI is InChI=1S/C17H23NO7S/c1-24-14-6-5-13(10-15(14)25-2)26(22,23)9-7-16(19)18-8-3-4-12(11-18)17(20)21/h5-6,10,12H,3-4,7-9,11H2,1-2H3,(H,20,21). The van der Waals surface area contributed by atoms with E-state index in [4.69, 9.17) is 14.6 Å². The number of amides is 1. The van der Waals surface area contributed by atoms with E-state index in [9.17, 15) is 18.0 Å². The van der Waals surface area contributed by atoms with Gasteiger partial charge in [-0.25, -0.2) is 8.42 Å². The fourth-order valence-corrected chi connectivity index (χ4v) is 4.15. The molecule has 1 unspecified atom stereocenters. The van der Waals surface area contributed by atoms with Gasteiger partial charge in [-0.2, -0.15) is 0 Å². The van der Waals surface area contributed by atoms with Crippen molar-refractivity contribution in [1.82, 2.24) is 4.90 Å². The summed E-state index contributed by atoms with van der Waals surface area (Å²) in [5, 5.41) is 9.08. The summed E-state index contributed by atoms with van der Waals surface area (Å²) in [6.45, 7) is 0.587. The molecular formula is C17H23NO7S. The van der Waals surface area contributed by atoms with Crippen LogP contribution in [0.4, 0.5) is 0 Å². The van der Waals surface area contributed by atoms with Gasteiger partial charge in [0.15, 0.2) is 21.3 Å². The number of hydrogen-bond donors (Lipinski definition) is 1. The molecular weight excluding hydrogens is 362 g/mol. The predicted molar refractivity (Wildman–Crippen MR) is 93.2 cm³/mol. The van der Waals surface area contributed by atoms with Gasteiger partial charge >= 0.3 is 5.97 Å². The van der Waals surface area contributed by atoms with Crippen molar-refractivity contribution in [1.29, 1.82) is 0 Å². The van der Waals surface area contributed by atoms with E-state index in [2.05, 4.69) is 0 Å². The number of benzene rings is 1. The second-order valence-corrected chi connectivity index (χ2v) is 8.21. The summed E-state index contributed by atoms with van der Waals surface area (Å²) in [6.07, 6.45) is 0.942. The van der Waals surface area contributed by atoms with E-state index in [1.54, 1.807) is 0 Å². The molecule has 0 aliphatic carbocycles. The average Bonchev–Trinajstić information content (AvgIpc) is 2.65. The molecule has 9 heteroatoms. The molecule has 1 atom stereocenters. The van der Waals surface area contributed by atoms with Gasteiger partial charge in [0, 0.05) is 25.6 Å². The Hall–Kier alpha value is -2.29. The van der Waals surface area contributed by atoms with Gasteiger partial charge in [-0.1, -0.05) is 0 Å². The highest BCUT2D eigenvalue weighted by molar-refractivity contribution is 7.91. The maximum Gasteiger partial charge on any atom is 0.308 e. The van der Waals surface area contributed by atoms with Gasteiger partial charge in [-0.3, -0.25) is 9.59 Å². The molecule has 0 spiro atoms. The zero-order valence-corrected chi connectivity index (χ0v) is 15.6. The molecule has 0 radical (unpaired) electrons. The summed E-state index contributed by atoms with van der Waals surface area (Å²) in [6, 6.07) is 4.26. The Morgan fingerprint density at radius 3 is 2.54 bits per heavy atom. The molecule has 2 rings (SSSR count). The lowest BCUT2D eigenvalue weighted by Crippen LogP contribution is -2.42. The van der Waals surface area contributed by atoms with Crippen LogP contribution in [0, 0.1) is 5.92 Å². The zero-order valence-electron chi connectivity index (χ0n) is 14.8. The highest BCUT2D eigenvalue weighted by Crippen LogP contribution is 2.30. The predicted octanol–water partition coefficient (Wildman–Crippen LogP) is 1.19. The monoisotopic (exact) mass is 385 g/mol. The fourth-order valence-electron chi connectivity index (χ4n) is 2.91. The number of piperidine rings is 1. The number of sulfone groups is 1. The van der Waals surface area contributed by atoms with Gasteiger partial charge < -0.3 is 19.5 Å². The minimum absolute atomic E-state index is 0.0463. The molecule has 1 aromatic carbocycles.